The van der Waals surface area contributed by atoms with E-state index >= 15 is 0 Å². The molecule has 0 aliphatic heterocycles. The molecule has 0 saturated carbocycles. The van der Waals surface area contributed by atoms with Gasteiger partial charge in [-0.05, 0) is 31.7 Å². The van der Waals surface area contributed by atoms with E-state index in [-0.39, 0.29) is 0 Å². The number of nitriles is 1. The molecule has 1 aromatic heterocycles. The van der Waals surface area contributed by atoms with E-state index in [2.05, 4.69) is 9.88 Å². The van der Waals surface area contributed by atoms with Crippen LogP contribution in [0.2, 0.25) is 0 Å². The Kier molecular flexibility index (Phi) is 5.48. The molecule has 86 valence electrons. The molecule has 0 radical (unpaired) electrons. The van der Waals surface area contributed by atoms with E-state index in [1.54, 1.807) is 6.20 Å². The molecule has 0 N–H and O–H groups in total. The summed E-state index contributed by atoms with van der Waals surface area (Å²) in [5.74, 6) is 0. The molecule has 0 aliphatic carbocycles. The SMILES string of the molecule is CCOCCN(C)Cc1ccnc(C#N)c1. The molecule has 0 aliphatic rings. The Labute approximate surface area is 96.5 Å². The van der Waals surface area contributed by atoms with Gasteiger partial charge in [0.05, 0.1) is 6.61 Å². The minimum atomic E-state index is 0.468. The monoisotopic (exact) mass is 219 g/mol. The van der Waals surface area contributed by atoms with E-state index in [0.717, 1.165) is 31.9 Å². The number of pyridine rings is 1. The topological polar surface area (TPSA) is 49.1 Å². The maximum Gasteiger partial charge on any atom is 0.140 e. The Bertz CT molecular complexity index is 360. The van der Waals surface area contributed by atoms with Crippen LogP contribution in [-0.2, 0) is 11.3 Å². The van der Waals surface area contributed by atoms with Crippen LogP contribution >= 0.6 is 0 Å². The van der Waals surface area contributed by atoms with Crippen LogP contribution in [-0.4, -0.2) is 36.7 Å². The van der Waals surface area contributed by atoms with E-state index in [9.17, 15) is 0 Å². The largest absolute Gasteiger partial charge is 0.380 e. The zero-order chi connectivity index (χ0) is 11.8. The second-order valence-electron chi connectivity index (χ2n) is 3.60. The van der Waals surface area contributed by atoms with Crippen LogP contribution in [0.1, 0.15) is 18.2 Å². The second-order valence-corrected chi connectivity index (χ2v) is 3.60. The molecule has 0 bridgehead atoms. The molecule has 1 rings (SSSR count). The Morgan fingerprint density at radius 2 is 2.38 bits per heavy atom. The van der Waals surface area contributed by atoms with E-state index in [4.69, 9.17) is 10.00 Å². The van der Waals surface area contributed by atoms with Crippen molar-refractivity contribution in [2.24, 2.45) is 0 Å². The fraction of sp³-hybridized carbons (Fsp3) is 0.500. The lowest BCUT2D eigenvalue weighted by Gasteiger charge is -2.16. The fourth-order valence-corrected chi connectivity index (χ4v) is 1.39. The summed E-state index contributed by atoms with van der Waals surface area (Å²) in [4.78, 5) is 6.10. The molecule has 1 heterocycles. The van der Waals surface area contributed by atoms with Crippen molar-refractivity contribution in [2.75, 3.05) is 26.8 Å². The normalized spacial score (nSPS) is 10.4. The average Bonchev–Trinajstić information content (AvgIpc) is 2.29. The van der Waals surface area contributed by atoms with Gasteiger partial charge in [-0.25, -0.2) is 4.98 Å². The summed E-state index contributed by atoms with van der Waals surface area (Å²) in [6.07, 6.45) is 1.67. The van der Waals surface area contributed by atoms with Gasteiger partial charge in [0.2, 0.25) is 0 Å². The first-order valence-corrected chi connectivity index (χ1v) is 5.37. The zero-order valence-electron chi connectivity index (χ0n) is 9.81. The van der Waals surface area contributed by atoms with Crippen LogP contribution in [0.15, 0.2) is 18.3 Å². The summed E-state index contributed by atoms with van der Waals surface area (Å²) in [6, 6.07) is 5.78. The zero-order valence-corrected chi connectivity index (χ0v) is 9.81. The first-order chi connectivity index (χ1) is 7.76. The molecule has 0 unspecified atom stereocenters. The molecule has 16 heavy (non-hydrogen) atoms. The highest BCUT2D eigenvalue weighted by molar-refractivity contribution is 5.25. The summed E-state index contributed by atoms with van der Waals surface area (Å²) < 4.78 is 5.28. The quantitative estimate of drug-likeness (QED) is 0.679. The summed E-state index contributed by atoms with van der Waals surface area (Å²) in [6.45, 7) is 5.18. The predicted octanol–water partition coefficient (Wildman–Crippen LogP) is 1.42. The minimum Gasteiger partial charge on any atom is -0.380 e. The molecule has 0 fully saturated rings. The van der Waals surface area contributed by atoms with E-state index in [1.165, 1.54) is 0 Å². The Balaban J connectivity index is 2.43. The van der Waals surface area contributed by atoms with Crippen molar-refractivity contribution < 1.29 is 4.74 Å². The van der Waals surface area contributed by atoms with Crippen molar-refractivity contribution in [3.05, 3.63) is 29.6 Å². The number of hydrogen-bond donors (Lipinski definition) is 0. The highest BCUT2D eigenvalue weighted by Gasteiger charge is 2.01. The fourth-order valence-electron chi connectivity index (χ4n) is 1.39. The maximum atomic E-state index is 8.72. The third-order valence-electron chi connectivity index (χ3n) is 2.21. The van der Waals surface area contributed by atoms with E-state index in [1.807, 2.05) is 32.2 Å². The van der Waals surface area contributed by atoms with Crippen molar-refractivity contribution in [3.8, 4) is 6.07 Å². The van der Waals surface area contributed by atoms with Crippen molar-refractivity contribution >= 4 is 0 Å². The van der Waals surface area contributed by atoms with Crippen LogP contribution in [0.4, 0.5) is 0 Å². The Hall–Kier alpha value is -1.44. The average molecular weight is 219 g/mol. The second kappa shape index (κ2) is 6.94. The third-order valence-corrected chi connectivity index (χ3v) is 2.21. The molecule has 0 amide bonds. The molecule has 4 heteroatoms. The van der Waals surface area contributed by atoms with Gasteiger partial charge in [-0.15, -0.1) is 0 Å². The third kappa shape index (κ3) is 4.39. The number of rotatable bonds is 6. The first kappa shape index (κ1) is 12.6. The number of ether oxygens (including phenoxy) is 1. The van der Waals surface area contributed by atoms with Crippen LogP contribution in [0, 0.1) is 11.3 Å². The summed E-state index contributed by atoms with van der Waals surface area (Å²) in [7, 11) is 2.03. The van der Waals surface area contributed by atoms with Crippen molar-refractivity contribution in [1.29, 1.82) is 5.26 Å². The van der Waals surface area contributed by atoms with Gasteiger partial charge in [0.25, 0.3) is 0 Å². The summed E-state index contributed by atoms with van der Waals surface area (Å²) in [5, 5.41) is 8.72. The molecule has 1 aromatic rings. The van der Waals surface area contributed by atoms with Crippen molar-refractivity contribution in [1.82, 2.24) is 9.88 Å². The summed E-state index contributed by atoms with van der Waals surface area (Å²) in [5.41, 5.74) is 1.57. The number of hydrogen-bond acceptors (Lipinski definition) is 4. The minimum absolute atomic E-state index is 0.468. The van der Waals surface area contributed by atoms with Crippen molar-refractivity contribution in [3.63, 3.8) is 0 Å². The van der Waals surface area contributed by atoms with Gasteiger partial charge < -0.3 is 4.74 Å². The van der Waals surface area contributed by atoms with Gasteiger partial charge in [0, 0.05) is 25.9 Å². The van der Waals surface area contributed by atoms with Gasteiger partial charge in [0.15, 0.2) is 0 Å². The standard InChI is InChI=1S/C12H17N3O/c1-3-16-7-6-15(2)10-11-4-5-14-12(8-11)9-13/h4-5,8H,3,6-7,10H2,1-2H3. The Morgan fingerprint density at radius 1 is 1.56 bits per heavy atom. The molecule has 0 saturated heterocycles. The highest BCUT2D eigenvalue weighted by atomic mass is 16.5. The van der Waals surface area contributed by atoms with Crippen LogP contribution in [0.25, 0.3) is 0 Å². The van der Waals surface area contributed by atoms with Gasteiger partial charge in [-0.2, -0.15) is 5.26 Å². The van der Waals surface area contributed by atoms with Crippen LogP contribution in [0.3, 0.4) is 0 Å². The molecular formula is C12H17N3O. The number of likely N-dealkylation sites (N-methyl/N-ethyl adjacent to an activating group) is 1. The summed E-state index contributed by atoms with van der Waals surface area (Å²) >= 11 is 0. The smallest absolute Gasteiger partial charge is 0.140 e. The van der Waals surface area contributed by atoms with Crippen LogP contribution < -0.4 is 0 Å². The van der Waals surface area contributed by atoms with E-state index in [0.29, 0.717) is 5.69 Å². The molecular weight excluding hydrogens is 202 g/mol. The number of nitrogens with zero attached hydrogens (tertiary/aromatic N) is 3. The molecule has 4 nitrogen and oxygen atoms in total. The molecule has 0 spiro atoms. The van der Waals surface area contributed by atoms with Crippen LogP contribution in [0.5, 0.6) is 0 Å². The lowest BCUT2D eigenvalue weighted by Crippen LogP contribution is -2.22. The lowest BCUT2D eigenvalue weighted by molar-refractivity contribution is 0.120. The van der Waals surface area contributed by atoms with Crippen molar-refractivity contribution in [2.45, 2.75) is 13.5 Å². The molecule has 0 atom stereocenters. The molecule has 0 aromatic carbocycles. The van der Waals surface area contributed by atoms with Gasteiger partial charge >= 0.3 is 0 Å². The van der Waals surface area contributed by atoms with E-state index < -0.39 is 0 Å². The Morgan fingerprint density at radius 3 is 3.06 bits per heavy atom. The maximum absolute atomic E-state index is 8.72. The first-order valence-electron chi connectivity index (χ1n) is 5.37. The van der Waals surface area contributed by atoms with Gasteiger partial charge in [-0.1, -0.05) is 0 Å². The predicted molar refractivity (Wildman–Crippen MR) is 61.8 cm³/mol. The lowest BCUT2D eigenvalue weighted by atomic mass is 10.2. The number of aromatic nitrogens is 1. The van der Waals surface area contributed by atoms with Gasteiger partial charge in [-0.3, -0.25) is 4.90 Å². The van der Waals surface area contributed by atoms with Gasteiger partial charge in [0.1, 0.15) is 11.8 Å². The highest BCUT2D eigenvalue weighted by Crippen LogP contribution is 2.04.